The molecule has 0 spiro atoms. The van der Waals surface area contributed by atoms with Crippen molar-refractivity contribution >= 4 is 5.91 Å². The van der Waals surface area contributed by atoms with E-state index in [4.69, 9.17) is 0 Å². The van der Waals surface area contributed by atoms with Crippen molar-refractivity contribution in [1.82, 2.24) is 10.2 Å². The first-order valence-electron chi connectivity index (χ1n) is 7.87. The van der Waals surface area contributed by atoms with Gasteiger partial charge >= 0.3 is 0 Å². The molecule has 18 heavy (non-hydrogen) atoms. The summed E-state index contributed by atoms with van der Waals surface area (Å²) < 4.78 is 0. The molecule has 0 radical (unpaired) electrons. The first-order chi connectivity index (χ1) is 8.86. The summed E-state index contributed by atoms with van der Waals surface area (Å²) in [6.07, 6.45) is 12.6. The van der Waals surface area contributed by atoms with Crippen molar-refractivity contribution < 1.29 is 4.79 Å². The highest BCUT2D eigenvalue weighted by Crippen LogP contribution is 2.17. The van der Waals surface area contributed by atoms with Gasteiger partial charge in [-0.05, 0) is 25.7 Å². The molecule has 1 aliphatic carbocycles. The van der Waals surface area contributed by atoms with E-state index >= 15 is 0 Å². The van der Waals surface area contributed by atoms with Crippen LogP contribution in [0.3, 0.4) is 0 Å². The first kappa shape index (κ1) is 13.9. The summed E-state index contributed by atoms with van der Waals surface area (Å²) in [5.74, 6) is 0.353. The molecule has 0 atom stereocenters. The number of hydrogen-bond acceptors (Lipinski definition) is 2. The molecular formula is C15H28N2O. The minimum Gasteiger partial charge on any atom is -0.343 e. The molecule has 2 fully saturated rings. The highest BCUT2D eigenvalue weighted by Gasteiger charge is 2.17. The van der Waals surface area contributed by atoms with Gasteiger partial charge in [-0.25, -0.2) is 0 Å². The third-order valence-corrected chi connectivity index (χ3v) is 4.34. The van der Waals surface area contributed by atoms with Crippen molar-refractivity contribution in [2.24, 2.45) is 0 Å². The van der Waals surface area contributed by atoms with Crippen LogP contribution < -0.4 is 5.32 Å². The van der Waals surface area contributed by atoms with Crippen LogP contribution in [0.25, 0.3) is 0 Å². The predicted octanol–water partition coefficient (Wildman–Crippen LogP) is 2.70. The van der Waals surface area contributed by atoms with E-state index in [0.717, 1.165) is 19.6 Å². The van der Waals surface area contributed by atoms with E-state index < -0.39 is 0 Å². The Labute approximate surface area is 111 Å². The quantitative estimate of drug-likeness (QED) is 0.834. The zero-order valence-corrected chi connectivity index (χ0v) is 11.6. The second-order valence-electron chi connectivity index (χ2n) is 5.83. The van der Waals surface area contributed by atoms with Crippen molar-refractivity contribution in [1.29, 1.82) is 0 Å². The average molecular weight is 252 g/mol. The van der Waals surface area contributed by atoms with Gasteiger partial charge < -0.3 is 10.2 Å². The lowest BCUT2D eigenvalue weighted by Gasteiger charge is -2.22. The van der Waals surface area contributed by atoms with Crippen LogP contribution in [0.5, 0.6) is 0 Å². The Kier molecular flexibility index (Phi) is 5.98. The van der Waals surface area contributed by atoms with Gasteiger partial charge in [-0.15, -0.1) is 0 Å². The molecule has 3 nitrogen and oxygen atoms in total. The van der Waals surface area contributed by atoms with Gasteiger partial charge in [0.25, 0.3) is 0 Å². The van der Waals surface area contributed by atoms with Crippen LogP contribution in [0.4, 0.5) is 0 Å². The van der Waals surface area contributed by atoms with Gasteiger partial charge in [0.15, 0.2) is 0 Å². The number of carbonyl (C=O) groups excluding carboxylic acids is 1. The molecule has 1 amide bonds. The van der Waals surface area contributed by atoms with Crippen LogP contribution in [0.1, 0.15) is 64.2 Å². The van der Waals surface area contributed by atoms with Gasteiger partial charge in [0.2, 0.25) is 5.91 Å². The van der Waals surface area contributed by atoms with Crippen molar-refractivity contribution in [3.8, 4) is 0 Å². The molecule has 1 saturated heterocycles. The largest absolute Gasteiger partial charge is 0.343 e. The van der Waals surface area contributed by atoms with Crippen molar-refractivity contribution in [2.45, 2.75) is 70.3 Å². The number of amides is 1. The van der Waals surface area contributed by atoms with E-state index in [-0.39, 0.29) is 0 Å². The Morgan fingerprint density at radius 2 is 1.56 bits per heavy atom. The zero-order chi connectivity index (χ0) is 12.6. The highest BCUT2D eigenvalue weighted by molar-refractivity contribution is 5.76. The highest BCUT2D eigenvalue weighted by atomic mass is 16.2. The molecule has 1 N–H and O–H groups in total. The minimum atomic E-state index is 0.353. The Morgan fingerprint density at radius 1 is 0.944 bits per heavy atom. The number of rotatable bonds is 4. The third kappa shape index (κ3) is 4.60. The summed E-state index contributed by atoms with van der Waals surface area (Å²) in [7, 11) is 0. The summed E-state index contributed by atoms with van der Waals surface area (Å²) in [6, 6.07) is 0.664. The lowest BCUT2D eigenvalue weighted by atomic mass is 9.97. The Morgan fingerprint density at radius 3 is 2.22 bits per heavy atom. The molecule has 0 aromatic carbocycles. The molecule has 104 valence electrons. The van der Waals surface area contributed by atoms with E-state index in [1.165, 1.54) is 57.8 Å². The predicted molar refractivity (Wildman–Crippen MR) is 74.5 cm³/mol. The fourth-order valence-electron chi connectivity index (χ4n) is 3.17. The SMILES string of the molecule is O=C(CCNC1CCCCCCC1)N1CCCC1. The normalized spacial score (nSPS) is 22.8. The Balaban J connectivity index is 1.59. The molecule has 1 aliphatic heterocycles. The summed E-state index contributed by atoms with van der Waals surface area (Å²) in [4.78, 5) is 13.9. The van der Waals surface area contributed by atoms with Gasteiger partial charge in [0.1, 0.15) is 0 Å². The maximum absolute atomic E-state index is 11.9. The summed E-state index contributed by atoms with van der Waals surface area (Å²) >= 11 is 0. The number of likely N-dealkylation sites (tertiary alicyclic amines) is 1. The fraction of sp³-hybridized carbons (Fsp3) is 0.933. The molecule has 3 heteroatoms. The average Bonchev–Trinajstić information content (AvgIpc) is 2.85. The molecule has 2 aliphatic rings. The smallest absolute Gasteiger partial charge is 0.223 e. The van der Waals surface area contributed by atoms with Crippen LogP contribution in [-0.2, 0) is 4.79 Å². The number of carbonyl (C=O) groups is 1. The van der Waals surface area contributed by atoms with E-state index in [0.29, 0.717) is 18.4 Å². The molecule has 0 aromatic heterocycles. The Bertz CT molecular complexity index is 241. The van der Waals surface area contributed by atoms with E-state index in [9.17, 15) is 4.79 Å². The molecule has 1 heterocycles. The molecule has 0 unspecified atom stereocenters. The number of hydrogen-bond donors (Lipinski definition) is 1. The van der Waals surface area contributed by atoms with Gasteiger partial charge in [-0.1, -0.05) is 32.1 Å². The van der Waals surface area contributed by atoms with Crippen molar-refractivity contribution in [3.05, 3.63) is 0 Å². The van der Waals surface area contributed by atoms with Crippen molar-refractivity contribution in [2.75, 3.05) is 19.6 Å². The molecule has 0 bridgehead atoms. The number of nitrogens with one attached hydrogen (secondary N) is 1. The van der Waals surface area contributed by atoms with Gasteiger partial charge in [0, 0.05) is 32.1 Å². The molecular weight excluding hydrogens is 224 g/mol. The van der Waals surface area contributed by atoms with Crippen LogP contribution in [0.2, 0.25) is 0 Å². The van der Waals surface area contributed by atoms with Crippen molar-refractivity contribution in [3.63, 3.8) is 0 Å². The maximum atomic E-state index is 11.9. The maximum Gasteiger partial charge on any atom is 0.223 e. The van der Waals surface area contributed by atoms with E-state index in [1.54, 1.807) is 0 Å². The molecule has 1 saturated carbocycles. The monoisotopic (exact) mass is 252 g/mol. The van der Waals surface area contributed by atoms with Gasteiger partial charge in [-0.3, -0.25) is 4.79 Å². The summed E-state index contributed by atoms with van der Waals surface area (Å²) in [6.45, 7) is 2.85. The van der Waals surface area contributed by atoms with Gasteiger partial charge in [-0.2, -0.15) is 0 Å². The van der Waals surface area contributed by atoms with E-state index in [2.05, 4.69) is 5.32 Å². The summed E-state index contributed by atoms with van der Waals surface area (Å²) in [5, 5.41) is 3.60. The second-order valence-corrected chi connectivity index (χ2v) is 5.83. The zero-order valence-electron chi connectivity index (χ0n) is 11.6. The fourth-order valence-corrected chi connectivity index (χ4v) is 3.17. The van der Waals surface area contributed by atoms with Crippen LogP contribution >= 0.6 is 0 Å². The second kappa shape index (κ2) is 7.78. The van der Waals surface area contributed by atoms with Crippen LogP contribution in [0, 0.1) is 0 Å². The van der Waals surface area contributed by atoms with Crippen LogP contribution in [-0.4, -0.2) is 36.5 Å². The van der Waals surface area contributed by atoms with Gasteiger partial charge in [0.05, 0.1) is 0 Å². The Hall–Kier alpha value is -0.570. The lowest BCUT2D eigenvalue weighted by molar-refractivity contribution is -0.130. The topological polar surface area (TPSA) is 32.3 Å². The summed E-state index contributed by atoms with van der Waals surface area (Å²) in [5.41, 5.74) is 0. The first-order valence-corrected chi connectivity index (χ1v) is 7.87. The van der Waals surface area contributed by atoms with Crippen LogP contribution in [0.15, 0.2) is 0 Å². The number of nitrogens with zero attached hydrogens (tertiary/aromatic N) is 1. The lowest BCUT2D eigenvalue weighted by Crippen LogP contribution is -2.35. The molecule has 0 aromatic rings. The third-order valence-electron chi connectivity index (χ3n) is 4.34. The van der Waals surface area contributed by atoms with E-state index in [1.807, 2.05) is 4.90 Å². The standard InChI is InChI=1S/C15H28N2O/c18-15(17-12-6-7-13-17)10-11-16-14-8-4-2-1-3-5-9-14/h14,16H,1-13H2. The minimum absolute atomic E-state index is 0.353. The molecule has 2 rings (SSSR count).